The van der Waals surface area contributed by atoms with Crippen molar-refractivity contribution in [3.63, 3.8) is 0 Å². The minimum Gasteiger partial charge on any atom is -0.475 e. The summed E-state index contributed by atoms with van der Waals surface area (Å²) in [5, 5.41) is 10.2. The second-order valence-electron chi connectivity index (χ2n) is 4.59. The maximum absolute atomic E-state index is 11.0. The molecular weight excluding hydrogens is 242 g/mol. The lowest BCUT2D eigenvalue weighted by Gasteiger charge is -2.05. The van der Waals surface area contributed by atoms with Gasteiger partial charge in [0.2, 0.25) is 5.76 Å². The van der Waals surface area contributed by atoms with E-state index in [-0.39, 0.29) is 5.76 Å². The molecule has 19 heavy (non-hydrogen) atoms. The molecule has 3 aromatic rings. The average molecular weight is 255 g/mol. The fourth-order valence-corrected chi connectivity index (χ4v) is 2.26. The molecule has 4 nitrogen and oxygen atoms in total. The van der Waals surface area contributed by atoms with Gasteiger partial charge in [0.15, 0.2) is 0 Å². The van der Waals surface area contributed by atoms with Gasteiger partial charge in [-0.15, -0.1) is 0 Å². The molecule has 4 heteroatoms. The summed E-state index contributed by atoms with van der Waals surface area (Å²) in [5.41, 5.74) is 2.95. The standard InChI is InChI=1S/C15H13NO3/c1-10-2-3-11-4-6-16(13(11)8-10)9-12-5-7-19-14(12)15(17)18/h2-8H,9H2,1H3,(H,17,18). The van der Waals surface area contributed by atoms with Crippen LogP contribution in [0.3, 0.4) is 0 Å². The van der Waals surface area contributed by atoms with Gasteiger partial charge in [0, 0.05) is 17.3 Å². The van der Waals surface area contributed by atoms with Gasteiger partial charge < -0.3 is 14.1 Å². The molecule has 2 heterocycles. The number of carboxylic acids is 1. The molecule has 0 atom stereocenters. The van der Waals surface area contributed by atoms with Crippen molar-refractivity contribution in [3.8, 4) is 0 Å². The molecule has 1 N–H and O–H groups in total. The van der Waals surface area contributed by atoms with Crippen molar-refractivity contribution in [1.29, 1.82) is 0 Å². The minimum atomic E-state index is -1.03. The summed E-state index contributed by atoms with van der Waals surface area (Å²) in [4.78, 5) is 11.0. The molecule has 0 aliphatic heterocycles. The maximum atomic E-state index is 11.0. The van der Waals surface area contributed by atoms with Crippen LogP contribution in [-0.4, -0.2) is 15.6 Å². The molecule has 96 valence electrons. The first-order valence-corrected chi connectivity index (χ1v) is 6.00. The third-order valence-electron chi connectivity index (χ3n) is 3.21. The Kier molecular flexibility index (Phi) is 2.63. The normalized spacial score (nSPS) is 11.0. The number of fused-ring (bicyclic) bond motifs is 1. The highest BCUT2D eigenvalue weighted by atomic mass is 16.4. The molecule has 0 amide bonds. The number of aromatic carboxylic acids is 1. The van der Waals surface area contributed by atoms with Crippen molar-refractivity contribution in [1.82, 2.24) is 4.57 Å². The number of carboxylic acid groups (broad SMARTS) is 1. The third-order valence-corrected chi connectivity index (χ3v) is 3.21. The summed E-state index contributed by atoms with van der Waals surface area (Å²) in [7, 11) is 0. The summed E-state index contributed by atoms with van der Waals surface area (Å²) in [5.74, 6) is -1.03. The van der Waals surface area contributed by atoms with Crippen molar-refractivity contribution in [2.75, 3.05) is 0 Å². The third kappa shape index (κ3) is 2.01. The first kappa shape index (κ1) is 11.6. The van der Waals surface area contributed by atoms with Crippen LogP contribution < -0.4 is 0 Å². The van der Waals surface area contributed by atoms with E-state index in [4.69, 9.17) is 9.52 Å². The van der Waals surface area contributed by atoms with Crippen molar-refractivity contribution >= 4 is 16.9 Å². The van der Waals surface area contributed by atoms with E-state index < -0.39 is 5.97 Å². The van der Waals surface area contributed by atoms with E-state index in [1.165, 1.54) is 11.8 Å². The molecule has 0 fully saturated rings. The second kappa shape index (κ2) is 4.31. The lowest BCUT2D eigenvalue weighted by Crippen LogP contribution is -2.03. The Morgan fingerprint density at radius 1 is 1.32 bits per heavy atom. The molecule has 0 aliphatic carbocycles. The molecule has 0 radical (unpaired) electrons. The monoisotopic (exact) mass is 255 g/mol. The second-order valence-corrected chi connectivity index (χ2v) is 4.59. The van der Waals surface area contributed by atoms with Gasteiger partial charge in [-0.2, -0.15) is 0 Å². The summed E-state index contributed by atoms with van der Waals surface area (Å²) >= 11 is 0. The lowest BCUT2D eigenvalue weighted by molar-refractivity contribution is 0.0660. The average Bonchev–Trinajstić information content (AvgIpc) is 2.97. The van der Waals surface area contributed by atoms with Crippen molar-refractivity contribution in [3.05, 3.63) is 59.7 Å². The molecule has 0 spiro atoms. The summed E-state index contributed by atoms with van der Waals surface area (Å²) in [6.07, 6.45) is 3.37. The Bertz CT molecular complexity index is 752. The molecule has 3 rings (SSSR count). The zero-order valence-electron chi connectivity index (χ0n) is 10.5. The number of rotatable bonds is 3. The zero-order chi connectivity index (χ0) is 13.4. The van der Waals surface area contributed by atoms with Crippen LogP contribution in [0.1, 0.15) is 21.7 Å². The van der Waals surface area contributed by atoms with Crippen molar-refractivity contribution < 1.29 is 14.3 Å². The number of aryl methyl sites for hydroxylation is 1. The van der Waals surface area contributed by atoms with Crippen LogP contribution in [0.4, 0.5) is 0 Å². The van der Waals surface area contributed by atoms with Crippen LogP contribution in [-0.2, 0) is 6.54 Å². The Hall–Kier alpha value is -2.49. The van der Waals surface area contributed by atoms with Crippen molar-refractivity contribution in [2.45, 2.75) is 13.5 Å². The van der Waals surface area contributed by atoms with Crippen molar-refractivity contribution in [2.24, 2.45) is 0 Å². The maximum Gasteiger partial charge on any atom is 0.372 e. The topological polar surface area (TPSA) is 55.4 Å². The number of nitrogens with zero attached hydrogens (tertiary/aromatic N) is 1. The Morgan fingerprint density at radius 2 is 2.16 bits per heavy atom. The predicted octanol–water partition coefficient (Wildman–Crippen LogP) is 3.29. The molecule has 0 bridgehead atoms. The Morgan fingerprint density at radius 3 is 2.95 bits per heavy atom. The SMILES string of the molecule is Cc1ccc2ccn(Cc3ccoc3C(=O)O)c2c1. The summed E-state index contributed by atoms with van der Waals surface area (Å²) in [6, 6.07) is 9.94. The van der Waals surface area contributed by atoms with Crippen LogP contribution in [0, 0.1) is 6.92 Å². The van der Waals surface area contributed by atoms with E-state index in [1.54, 1.807) is 6.07 Å². The largest absolute Gasteiger partial charge is 0.475 e. The minimum absolute atomic E-state index is 0.00880. The van der Waals surface area contributed by atoms with Gasteiger partial charge in [-0.3, -0.25) is 0 Å². The van der Waals surface area contributed by atoms with E-state index in [0.29, 0.717) is 12.1 Å². The molecular formula is C15H13NO3. The number of carbonyl (C=O) groups is 1. The predicted molar refractivity (Wildman–Crippen MR) is 71.4 cm³/mol. The molecule has 0 saturated carbocycles. The van der Waals surface area contributed by atoms with Gasteiger partial charge in [0.25, 0.3) is 0 Å². The van der Waals surface area contributed by atoms with E-state index >= 15 is 0 Å². The Balaban J connectivity index is 2.03. The Labute approximate surface area is 109 Å². The quantitative estimate of drug-likeness (QED) is 0.781. The number of hydrogen-bond donors (Lipinski definition) is 1. The lowest BCUT2D eigenvalue weighted by atomic mass is 10.2. The van der Waals surface area contributed by atoms with E-state index in [1.807, 2.05) is 23.8 Å². The van der Waals surface area contributed by atoms with Gasteiger partial charge in [0.05, 0.1) is 12.8 Å². The number of aromatic nitrogens is 1. The first-order chi connectivity index (χ1) is 9.15. The highest BCUT2D eigenvalue weighted by Gasteiger charge is 2.14. The van der Waals surface area contributed by atoms with Crippen LogP contribution >= 0.6 is 0 Å². The number of benzene rings is 1. The van der Waals surface area contributed by atoms with E-state index in [0.717, 1.165) is 10.9 Å². The number of hydrogen-bond acceptors (Lipinski definition) is 2. The van der Waals surface area contributed by atoms with E-state index in [9.17, 15) is 4.79 Å². The van der Waals surface area contributed by atoms with Gasteiger partial charge in [-0.05, 0) is 36.1 Å². The number of furan rings is 1. The fourth-order valence-electron chi connectivity index (χ4n) is 2.26. The fraction of sp³-hybridized carbons (Fsp3) is 0.133. The van der Waals surface area contributed by atoms with Gasteiger partial charge >= 0.3 is 5.97 Å². The highest BCUT2D eigenvalue weighted by Crippen LogP contribution is 2.20. The zero-order valence-corrected chi connectivity index (χ0v) is 10.5. The molecule has 0 aliphatic rings. The first-order valence-electron chi connectivity index (χ1n) is 6.00. The van der Waals surface area contributed by atoms with Gasteiger partial charge in [0.1, 0.15) is 0 Å². The summed E-state index contributed by atoms with van der Waals surface area (Å²) < 4.78 is 7.03. The van der Waals surface area contributed by atoms with Crippen LogP contribution in [0.15, 0.2) is 47.2 Å². The van der Waals surface area contributed by atoms with Gasteiger partial charge in [-0.1, -0.05) is 12.1 Å². The van der Waals surface area contributed by atoms with Gasteiger partial charge in [-0.25, -0.2) is 4.79 Å². The molecule has 2 aromatic heterocycles. The smallest absolute Gasteiger partial charge is 0.372 e. The summed E-state index contributed by atoms with van der Waals surface area (Å²) in [6.45, 7) is 2.53. The highest BCUT2D eigenvalue weighted by molar-refractivity contribution is 5.86. The molecule has 0 unspecified atom stereocenters. The molecule has 1 aromatic carbocycles. The van der Waals surface area contributed by atoms with Crippen LogP contribution in [0.25, 0.3) is 10.9 Å². The van der Waals surface area contributed by atoms with Crippen LogP contribution in [0.2, 0.25) is 0 Å². The van der Waals surface area contributed by atoms with E-state index in [2.05, 4.69) is 18.2 Å². The molecule has 0 saturated heterocycles. The van der Waals surface area contributed by atoms with Crippen LogP contribution in [0.5, 0.6) is 0 Å².